The molecule has 2 rings (SSSR count). The number of carbonyl (C=O) groups excluding carboxylic acids is 2. The topological polar surface area (TPSA) is 78.3 Å². The first-order valence-electron chi connectivity index (χ1n) is 6.31. The summed E-state index contributed by atoms with van der Waals surface area (Å²) in [5, 5.41) is 4.79. The minimum absolute atomic E-state index is 0.148. The number of ketones is 1. The second-order valence-electron chi connectivity index (χ2n) is 4.36. The van der Waals surface area contributed by atoms with E-state index in [1.54, 1.807) is 25.1 Å². The van der Waals surface area contributed by atoms with Crippen LogP contribution in [0.3, 0.4) is 0 Å². The Bertz CT molecular complexity index is 782. The fourth-order valence-corrected chi connectivity index (χ4v) is 2.32. The summed E-state index contributed by atoms with van der Waals surface area (Å²) in [6, 6.07) is 4.95. The van der Waals surface area contributed by atoms with E-state index in [9.17, 15) is 14.4 Å². The van der Waals surface area contributed by atoms with E-state index in [4.69, 9.17) is 4.74 Å². The molecule has 0 radical (unpaired) electrons. The third kappa shape index (κ3) is 3.18. The minimum Gasteiger partial charge on any atom is -0.465 e. The van der Waals surface area contributed by atoms with E-state index in [1.807, 2.05) is 0 Å². The molecule has 7 heteroatoms. The molecule has 0 saturated carbocycles. The second-order valence-corrected chi connectivity index (χ2v) is 5.28. The molecule has 0 aliphatic heterocycles. The van der Waals surface area contributed by atoms with Crippen molar-refractivity contribution in [1.82, 2.24) is 9.78 Å². The highest BCUT2D eigenvalue weighted by atomic mass is 79.9. The largest absolute Gasteiger partial charge is 0.465 e. The maximum Gasteiger partial charge on any atom is 0.327 e. The van der Waals surface area contributed by atoms with Crippen LogP contribution >= 0.6 is 15.9 Å². The number of rotatable bonds is 4. The van der Waals surface area contributed by atoms with Gasteiger partial charge in [-0.25, -0.2) is 4.68 Å². The van der Waals surface area contributed by atoms with E-state index >= 15 is 0 Å². The van der Waals surface area contributed by atoms with Crippen LogP contribution in [-0.2, 0) is 16.1 Å². The summed E-state index contributed by atoms with van der Waals surface area (Å²) in [6.45, 7) is 2.93. The maximum atomic E-state index is 12.3. The van der Waals surface area contributed by atoms with Crippen LogP contribution in [0.25, 0.3) is 10.8 Å². The summed E-state index contributed by atoms with van der Waals surface area (Å²) in [5.41, 5.74) is -0.286. The van der Waals surface area contributed by atoms with Gasteiger partial charge < -0.3 is 4.74 Å². The molecule has 1 aromatic carbocycles. The molecule has 0 N–H and O–H groups in total. The highest BCUT2D eigenvalue weighted by molar-refractivity contribution is 9.10. The molecule has 0 saturated heterocycles. The van der Waals surface area contributed by atoms with Crippen molar-refractivity contribution in [3.05, 3.63) is 38.7 Å². The number of fused-ring (bicyclic) bond motifs is 1. The van der Waals surface area contributed by atoms with Crippen LogP contribution in [0.4, 0.5) is 0 Å². The molecule has 0 aliphatic rings. The Balaban J connectivity index is 2.66. The number of esters is 1. The third-order valence-corrected chi connectivity index (χ3v) is 3.33. The normalized spacial score (nSPS) is 10.6. The lowest BCUT2D eigenvalue weighted by Gasteiger charge is -2.09. The fourth-order valence-electron chi connectivity index (χ4n) is 1.95. The molecule has 0 spiro atoms. The first-order chi connectivity index (χ1) is 9.93. The maximum absolute atomic E-state index is 12.3. The zero-order chi connectivity index (χ0) is 15.6. The highest BCUT2D eigenvalue weighted by Crippen LogP contribution is 2.19. The summed E-state index contributed by atoms with van der Waals surface area (Å²) >= 11 is 3.30. The van der Waals surface area contributed by atoms with Crippen molar-refractivity contribution < 1.29 is 14.3 Å². The van der Waals surface area contributed by atoms with Crippen molar-refractivity contribution in [3.8, 4) is 0 Å². The quantitative estimate of drug-likeness (QED) is 0.620. The molecule has 1 aromatic heterocycles. The number of hydrogen-bond donors (Lipinski definition) is 0. The van der Waals surface area contributed by atoms with Crippen molar-refractivity contribution in [2.75, 3.05) is 6.61 Å². The lowest BCUT2D eigenvalue weighted by atomic mass is 10.1. The van der Waals surface area contributed by atoms with Gasteiger partial charge >= 0.3 is 5.97 Å². The van der Waals surface area contributed by atoms with Crippen LogP contribution in [0.15, 0.2) is 27.5 Å². The van der Waals surface area contributed by atoms with Gasteiger partial charge in [0.1, 0.15) is 12.2 Å². The Labute approximate surface area is 128 Å². The molecule has 0 bridgehead atoms. The predicted octanol–water partition coefficient (Wildman–Crippen LogP) is 1.92. The number of halogens is 1. The van der Waals surface area contributed by atoms with E-state index in [-0.39, 0.29) is 24.6 Å². The number of nitrogens with zero attached hydrogens (tertiary/aromatic N) is 2. The Hall–Kier alpha value is -2.02. The Kier molecular flexibility index (Phi) is 4.52. The van der Waals surface area contributed by atoms with Crippen LogP contribution in [0.5, 0.6) is 0 Å². The summed E-state index contributed by atoms with van der Waals surface area (Å²) in [4.78, 5) is 35.6. The van der Waals surface area contributed by atoms with Crippen LogP contribution in [-0.4, -0.2) is 28.1 Å². The van der Waals surface area contributed by atoms with Gasteiger partial charge in [-0.05, 0) is 25.1 Å². The number of hydrogen-bond acceptors (Lipinski definition) is 5. The molecule has 0 unspecified atom stereocenters. The van der Waals surface area contributed by atoms with E-state index in [0.717, 1.165) is 9.15 Å². The molecular formula is C14H13BrN2O4. The molecule has 110 valence electrons. The van der Waals surface area contributed by atoms with E-state index < -0.39 is 11.5 Å². The predicted molar refractivity (Wildman–Crippen MR) is 80.3 cm³/mol. The van der Waals surface area contributed by atoms with Crippen LogP contribution in [0.1, 0.15) is 24.3 Å². The Morgan fingerprint density at radius 2 is 2.05 bits per heavy atom. The monoisotopic (exact) mass is 352 g/mol. The molecule has 1 heterocycles. The lowest BCUT2D eigenvalue weighted by Crippen LogP contribution is -2.29. The molecular weight excluding hydrogens is 340 g/mol. The first-order valence-corrected chi connectivity index (χ1v) is 7.10. The zero-order valence-corrected chi connectivity index (χ0v) is 13.1. The summed E-state index contributed by atoms with van der Waals surface area (Å²) < 4.78 is 6.50. The minimum atomic E-state index is -0.571. The number of ether oxygens (including phenoxy) is 1. The molecule has 2 aromatic rings. The summed E-state index contributed by atoms with van der Waals surface area (Å²) in [7, 11) is 0. The SMILES string of the molecule is CCOC(=O)Cn1nc(C(C)=O)c2cc(Br)ccc2c1=O. The van der Waals surface area contributed by atoms with Crippen LogP contribution in [0.2, 0.25) is 0 Å². The average molecular weight is 353 g/mol. The van der Waals surface area contributed by atoms with Crippen LogP contribution < -0.4 is 5.56 Å². The van der Waals surface area contributed by atoms with E-state index in [1.165, 1.54) is 6.92 Å². The molecule has 21 heavy (non-hydrogen) atoms. The van der Waals surface area contributed by atoms with Gasteiger partial charge in [0.25, 0.3) is 5.56 Å². The van der Waals surface area contributed by atoms with Gasteiger partial charge in [-0.15, -0.1) is 0 Å². The van der Waals surface area contributed by atoms with Gasteiger partial charge in [0.05, 0.1) is 12.0 Å². The molecule has 6 nitrogen and oxygen atoms in total. The molecule has 0 amide bonds. The highest BCUT2D eigenvalue weighted by Gasteiger charge is 2.16. The third-order valence-electron chi connectivity index (χ3n) is 2.84. The second kappa shape index (κ2) is 6.17. The van der Waals surface area contributed by atoms with E-state index in [2.05, 4.69) is 21.0 Å². The molecule has 0 atom stereocenters. The van der Waals surface area contributed by atoms with Crippen molar-refractivity contribution in [3.63, 3.8) is 0 Å². The number of aromatic nitrogens is 2. The van der Waals surface area contributed by atoms with Gasteiger partial charge in [-0.3, -0.25) is 14.4 Å². The summed E-state index contributed by atoms with van der Waals surface area (Å²) in [5.74, 6) is -0.853. The fraction of sp³-hybridized carbons (Fsp3) is 0.286. The van der Waals surface area contributed by atoms with Gasteiger partial charge in [-0.2, -0.15) is 5.10 Å². The van der Waals surface area contributed by atoms with Crippen molar-refractivity contribution >= 4 is 38.5 Å². The Morgan fingerprint density at radius 3 is 2.67 bits per heavy atom. The van der Waals surface area contributed by atoms with Gasteiger partial charge in [0.2, 0.25) is 0 Å². The van der Waals surface area contributed by atoms with Gasteiger partial charge in [-0.1, -0.05) is 15.9 Å². The lowest BCUT2D eigenvalue weighted by molar-refractivity contribution is -0.144. The van der Waals surface area contributed by atoms with Crippen molar-refractivity contribution in [2.45, 2.75) is 20.4 Å². The van der Waals surface area contributed by atoms with Gasteiger partial charge in [0.15, 0.2) is 5.78 Å². The Morgan fingerprint density at radius 1 is 1.33 bits per heavy atom. The first kappa shape index (κ1) is 15.4. The number of Topliss-reactive ketones (excluding diaryl/α,β-unsaturated/α-hetero) is 1. The molecule has 0 aliphatic carbocycles. The standard InChI is InChI=1S/C14H13BrN2O4/c1-3-21-12(19)7-17-14(20)10-5-4-9(15)6-11(10)13(16-17)8(2)18/h4-6H,3,7H2,1-2H3. The number of benzene rings is 1. The smallest absolute Gasteiger partial charge is 0.327 e. The van der Waals surface area contributed by atoms with Gasteiger partial charge in [0, 0.05) is 16.8 Å². The summed E-state index contributed by atoms with van der Waals surface area (Å²) in [6.07, 6.45) is 0. The van der Waals surface area contributed by atoms with Crippen molar-refractivity contribution in [2.24, 2.45) is 0 Å². The van der Waals surface area contributed by atoms with Crippen molar-refractivity contribution in [1.29, 1.82) is 0 Å². The number of carbonyl (C=O) groups is 2. The average Bonchev–Trinajstić information content (AvgIpc) is 2.41. The van der Waals surface area contributed by atoms with Crippen LogP contribution in [0, 0.1) is 0 Å². The van der Waals surface area contributed by atoms with E-state index in [0.29, 0.717) is 10.8 Å². The zero-order valence-electron chi connectivity index (χ0n) is 11.6. The molecule has 0 fully saturated rings.